The third kappa shape index (κ3) is 9.94. The van der Waals surface area contributed by atoms with Gasteiger partial charge in [-0.1, -0.05) is 23.2 Å². The van der Waals surface area contributed by atoms with Gasteiger partial charge in [0.05, 0.1) is 48.3 Å². The fourth-order valence-corrected chi connectivity index (χ4v) is 4.82. The SMILES string of the molecule is CCN(C(=O)CCSCCC(F)(F)F)c1cn(-c2cccnc2)nc1Cl.CCNc1cn(-c2cccnc2)nc1Cl. The first kappa shape index (κ1) is 32.2. The maximum Gasteiger partial charge on any atom is 0.389 e. The largest absolute Gasteiger partial charge is 0.389 e. The van der Waals surface area contributed by atoms with Gasteiger partial charge in [-0.05, 0) is 38.1 Å². The highest BCUT2D eigenvalue weighted by Crippen LogP contribution is 2.27. The van der Waals surface area contributed by atoms with E-state index in [1.165, 1.54) is 9.58 Å². The van der Waals surface area contributed by atoms with Crippen LogP contribution < -0.4 is 10.2 Å². The van der Waals surface area contributed by atoms with Crippen molar-refractivity contribution in [3.05, 3.63) is 71.8 Å². The first-order valence-electron chi connectivity index (χ1n) is 12.6. The van der Waals surface area contributed by atoms with Gasteiger partial charge in [0.15, 0.2) is 10.3 Å². The summed E-state index contributed by atoms with van der Waals surface area (Å²) in [7, 11) is 0. The Kier molecular flexibility index (Phi) is 12.3. The minimum atomic E-state index is -4.17. The lowest BCUT2D eigenvalue weighted by Gasteiger charge is -2.19. The number of hydrogen-bond donors (Lipinski definition) is 1. The zero-order valence-electron chi connectivity index (χ0n) is 22.4. The molecule has 0 saturated carbocycles. The molecule has 15 heteroatoms. The number of alkyl halides is 3. The van der Waals surface area contributed by atoms with Crippen molar-refractivity contribution >= 4 is 52.2 Å². The summed E-state index contributed by atoms with van der Waals surface area (Å²) in [5.74, 6) is 0.0576. The Bertz CT molecular complexity index is 1370. The Morgan fingerprint density at radius 2 is 1.59 bits per heavy atom. The molecule has 41 heavy (non-hydrogen) atoms. The topological polar surface area (TPSA) is 93.8 Å². The number of pyridine rings is 2. The molecule has 0 aliphatic rings. The lowest BCUT2D eigenvalue weighted by molar-refractivity contribution is -0.129. The Morgan fingerprint density at radius 1 is 0.976 bits per heavy atom. The summed E-state index contributed by atoms with van der Waals surface area (Å²) in [4.78, 5) is 21.9. The molecule has 0 spiro atoms. The van der Waals surface area contributed by atoms with Crippen molar-refractivity contribution < 1.29 is 18.0 Å². The summed E-state index contributed by atoms with van der Waals surface area (Å²) >= 11 is 13.2. The van der Waals surface area contributed by atoms with Crippen molar-refractivity contribution in [1.29, 1.82) is 0 Å². The van der Waals surface area contributed by atoms with Crippen LogP contribution in [0.5, 0.6) is 0 Å². The maximum absolute atomic E-state index is 12.4. The minimum Gasteiger partial charge on any atom is -0.382 e. The van der Waals surface area contributed by atoms with Crippen LogP contribution in [0.25, 0.3) is 11.4 Å². The average Bonchev–Trinajstić information content (AvgIpc) is 3.52. The highest BCUT2D eigenvalue weighted by Gasteiger charge is 2.26. The van der Waals surface area contributed by atoms with Crippen molar-refractivity contribution in [3.8, 4) is 11.4 Å². The standard InChI is InChI=1S/C16H18ClF3N4OS.C10H11ClN4/c1-2-23(14(25)5-8-26-9-6-16(18,19)20)13-11-24(22-15(13)17)12-4-3-7-21-10-12;1-2-13-9-7-15(14-10(9)11)8-4-3-5-12-6-8/h3-4,7,10-11H,2,5-6,8-9H2,1H3;3-7,13H,2H2,1H3. The van der Waals surface area contributed by atoms with E-state index in [9.17, 15) is 18.0 Å². The Labute approximate surface area is 250 Å². The molecule has 220 valence electrons. The molecule has 4 rings (SSSR count). The van der Waals surface area contributed by atoms with Gasteiger partial charge in [0.1, 0.15) is 5.69 Å². The molecule has 1 amide bonds. The second-order valence-electron chi connectivity index (χ2n) is 8.35. The number of thioether (sulfide) groups is 1. The van der Waals surface area contributed by atoms with Crippen molar-refractivity contribution in [2.75, 3.05) is 34.8 Å². The molecule has 0 saturated heterocycles. The number of aromatic nitrogens is 6. The van der Waals surface area contributed by atoms with Gasteiger partial charge in [0.25, 0.3) is 0 Å². The highest BCUT2D eigenvalue weighted by molar-refractivity contribution is 7.99. The third-order valence-corrected chi connectivity index (χ3v) is 6.94. The predicted molar refractivity (Wildman–Crippen MR) is 158 cm³/mol. The van der Waals surface area contributed by atoms with Gasteiger partial charge in [0.2, 0.25) is 5.91 Å². The van der Waals surface area contributed by atoms with Gasteiger partial charge in [-0.3, -0.25) is 14.8 Å². The molecule has 1 N–H and O–H groups in total. The van der Waals surface area contributed by atoms with Gasteiger partial charge < -0.3 is 10.2 Å². The van der Waals surface area contributed by atoms with E-state index in [-0.39, 0.29) is 23.2 Å². The summed E-state index contributed by atoms with van der Waals surface area (Å²) in [5, 5.41) is 12.1. The van der Waals surface area contributed by atoms with Gasteiger partial charge >= 0.3 is 6.18 Å². The van der Waals surface area contributed by atoms with E-state index >= 15 is 0 Å². The fraction of sp³-hybridized carbons (Fsp3) is 0.346. The molecule has 0 atom stereocenters. The first-order chi connectivity index (χ1) is 19.6. The third-order valence-electron chi connectivity index (χ3n) is 5.41. The second kappa shape index (κ2) is 15.6. The molecule has 4 aromatic rings. The highest BCUT2D eigenvalue weighted by atomic mass is 35.5. The number of halogens is 5. The number of hydrogen-bond acceptors (Lipinski definition) is 7. The normalized spacial score (nSPS) is 11.1. The van der Waals surface area contributed by atoms with E-state index in [0.29, 0.717) is 28.8 Å². The van der Waals surface area contributed by atoms with Gasteiger partial charge in [-0.2, -0.15) is 35.1 Å². The monoisotopic (exact) mass is 628 g/mol. The minimum absolute atomic E-state index is 0.0530. The molecule has 0 bridgehead atoms. The summed E-state index contributed by atoms with van der Waals surface area (Å²) in [5.41, 5.74) is 2.89. The lowest BCUT2D eigenvalue weighted by Crippen LogP contribution is -2.30. The van der Waals surface area contributed by atoms with Gasteiger partial charge in [-0.25, -0.2) is 9.36 Å². The lowest BCUT2D eigenvalue weighted by atomic mass is 10.3. The molecule has 4 aromatic heterocycles. The quantitative estimate of drug-likeness (QED) is 0.185. The van der Waals surface area contributed by atoms with Crippen LogP contribution >= 0.6 is 35.0 Å². The maximum atomic E-state index is 12.4. The average molecular weight is 630 g/mol. The summed E-state index contributed by atoms with van der Waals surface area (Å²) in [6.07, 6.45) is 5.30. The number of rotatable bonds is 11. The van der Waals surface area contributed by atoms with Gasteiger partial charge in [-0.15, -0.1) is 0 Å². The van der Waals surface area contributed by atoms with E-state index in [0.717, 1.165) is 29.7 Å². The summed E-state index contributed by atoms with van der Waals surface area (Å²) in [6.45, 7) is 5.01. The summed E-state index contributed by atoms with van der Waals surface area (Å²) in [6, 6.07) is 7.34. The number of nitrogens with zero attached hydrogens (tertiary/aromatic N) is 7. The molecular weight excluding hydrogens is 600 g/mol. The number of carbonyl (C=O) groups excluding carboxylic acids is 1. The van der Waals surface area contributed by atoms with Gasteiger partial charge in [0, 0.05) is 43.4 Å². The predicted octanol–water partition coefficient (Wildman–Crippen LogP) is 6.70. The molecule has 0 fully saturated rings. The molecule has 4 heterocycles. The van der Waals surface area contributed by atoms with E-state index in [2.05, 4.69) is 25.5 Å². The van der Waals surface area contributed by atoms with Crippen LogP contribution in [-0.4, -0.2) is 66.2 Å². The van der Waals surface area contributed by atoms with Crippen LogP contribution in [0.15, 0.2) is 61.4 Å². The van der Waals surface area contributed by atoms with Crippen LogP contribution in [0.3, 0.4) is 0 Å². The molecule has 0 aliphatic carbocycles. The Balaban J connectivity index is 0.000000260. The van der Waals surface area contributed by atoms with Crippen LogP contribution in [0.1, 0.15) is 26.7 Å². The van der Waals surface area contributed by atoms with Crippen molar-refractivity contribution in [2.45, 2.75) is 32.9 Å². The van der Waals surface area contributed by atoms with E-state index in [4.69, 9.17) is 23.2 Å². The molecule has 0 radical (unpaired) electrons. The number of amides is 1. The fourth-order valence-electron chi connectivity index (χ4n) is 3.50. The van der Waals surface area contributed by atoms with Crippen LogP contribution in [0, 0.1) is 0 Å². The zero-order valence-corrected chi connectivity index (χ0v) is 24.7. The van der Waals surface area contributed by atoms with Crippen molar-refractivity contribution in [1.82, 2.24) is 29.5 Å². The summed E-state index contributed by atoms with van der Waals surface area (Å²) < 4.78 is 39.6. The smallest absolute Gasteiger partial charge is 0.382 e. The molecular formula is C26H29Cl2F3N8OS. The van der Waals surface area contributed by atoms with Crippen LogP contribution in [0.2, 0.25) is 10.3 Å². The number of carbonyl (C=O) groups is 1. The number of nitrogens with one attached hydrogen (secondary N) is 1. The first-order valence-corrected chi connectivity index (χ1v) is 14.5. The van der Waals surface area contributed by atoms with E-state index in [1.807, 2.05) is 25.3 Å². The Hall–Kier alpha value is -3.29. The molecule has 0 aliphatic heterocycles. The van der Waals surface area contributed by atoms with E-state index < -0.39 is 12.6 Å². The Morgan fingerprint density at radius 3 is 2.12 bits per heavy atom. The molecule has 0 aromatic carbocycles. The van der Waals surface area contributed by atoms with Crippen molar-refractivity contribution in [2.24, 2.45) is 0 Å². The van der Waals surface area contributed by atoms with Crippen molar-refractivity contribution in [3.63, 3.8) is 0 Å². The molecule has 9 nitrogen and oxygen atoms in total. The van der Waals surface area contributed by atoms with Crippen LogP contribution in [-0.2, 0) is 4.79 Å². The second-order valence-corrected chi connectivity index (χ2v) is 10.3. The van der Waals surface area contributed by atoms with E-state index in [1.54, 1.807) is 54.7 Å². The van der Waals surface area contributed by atoms with Crippen LogP contribution in [0.4, 0.5) is 24.5 Å². The number of anilines is 2. The molecule has 0 unspecified atom stereocenters. The zero-order chi connectivity index (χ0) is 29.8.